The number of hydrogen-bond donors (Lipinski definition) is 1. The van der Waals surface area contributed by atoms with Crippen molar-refractivity contribution in [3.8, 4) is 5.75 Å². The second-order valence-corrected chi connectivity index (χ2v) is 4.20. The molecule has 0 atom stereocenters. The molecule has 1 aromatic carbocycles. The number of hydrogen-bond acceptors (Lipinski definition) is 3. The molecule has 0 fully saturated rings. The van der Waals surface area contributed by atoms with Gasteiger partial charge in [-0.1, -0.05) is 11.6 Å². The van der Waals surface area contributed by atoms with Crippen molar-refractivity contribution in [2.24, 2.45) is 4.99 Å². The lowest BCUT2D eigenvalue weighted by molar-refractivity contribution is 0.326. The van der Waals surface area contributed by atoms with Gasteiger partial charge in [0.1, 0.15) is 5.75 Å². The molecule has 0 amide bonds. The number of nitrogens with one attached hydrogen (secondary N) is 1. The molecular formula is C12H15ClN2O. The van der Waals surface area contributed by atoms with Gasteiger partial charge in [0.05, 0.1) is 19.0 Å². The van der Waals surface area contributed by atoms with Crippen LogP contribution in [0.1, 0.15) is 12.0 Å². The largest absolute Gasteiger partial charge is 0.493 e. The molecule has 1 N–H and O–H groups in total. The standard InChI is InChI=1S/C12H15ClN2O/c1-9-8-10(13)2-3-11(9)16-7-4-12-14-5-6-15-12/h2-3,8H,4-7H2,1H3,(H,14,15). The van der Waals surface area contributed by atoms with Crippen LogP contribution in [0, 0.1) is 6.92 Å². The van der Waals surface area contributed by atoms with E-state index in [1.807, 2.05) is 25.1 Å². The molecular weight excluding hydrogens is 224 g/mol. The van der Waals surface area contributed by atoms with Crippen LogP contribution in [0.15, 0.2) is 23.2 Å². The zero-order valence-electron chi connectivity index (χ0n) is 9.29. The van der Waals surface area contributed by atoms with E-state index in [-0.39, 0.29) is 0 Å². The minimum atomic E-state index is 0.647. The minimum Gasteiger partial charge on any atom is -0.493 e. The van der Waals surface area contributed by atoms with Crippen LogP contribution in [0.2, 0.25) is 5.02 Å². The Morgan fingerprint density at radius 2 is 2.38 bits per heavy atom. The average Bonchev–Trinajstić information content (AvgIpc) is 2.74. The molecule has 0 unspecified atom stereocenters. The molecule has 1 aliphatic heterocycles. The quantitative estimate of drug-likeness (QED) is 0.874. The van der Waals surface area contributed by atoms with E-state index < -0.39 is 0 Å². The summed E-state index contributed by atoms with van der Waals surface area (Å²) in [5.74, 6) is 1.94. The average molecular weight is 239 g/mol. The highest BCUT2D eigenvalue weighted by molar-refractivity contribution is 6.30. The van der Waals surface area contributed by atoms with Crippen molar-refractivity contribution >= 4 is 17.4 Å². The van der Waals surface area contributed by atoms with Crippen molar-refractivity contribution < 1.29 is 4.74 Å². The fourth-order valence-electron chi connectivity index (χ4n) is 1.65. The molecule has 0 aromatic heterocycles. The van der Waals surface area contributed by atoms with Gasteiger partial charge in [0.25, 0.3) is 0 Å². The number of rotatable bonds is 4. The van der Waals surface area contributed by atoms with Crippen molar-refractivity contribution in [3.05, 3.63) is 28.8 Å². The molecule has 4 heteroatoms. The van der Waals surface area contributed by atoms with Crippen molar-refractivity contribution in [1.82, 2.24) is 5.32 Å². The molecule has 1 aliphatic rings. The third-order valence-corrected chi connectivity index (χ3v) is 2.71. The van der Waals surface area contributed by atoms with Gasteiger partial charge in [-0.2, -0.15) is 0 Å². The lowest BCUT2D eigenvalue weighted by Gasteiger charge is -2.09. The summed E-state index contributed by atoms with van der Waals surface area (Å²) in [7, 11) is 0. The summed E-state index contributed by atoms with van der Waals surface area (Å²) < 4.78 is 5.67. The van der Waals surface area contributed by atoms with Crippen LogP contribution >= 0.6 is 11.6 Å². The monoisotopic (exact) mass is 238 g/mol. The maximum absolute atomic E-state index is 5.87. The number of benzene rings is 1. The normalized spacial score (nSPS) is 14.5. The molecule has 16 heavy (non-hydrogen) atoms. The van der Waals surface area contributed by atoms with Gasteiger partial charge in [0.15, 0.2) is 0 Å². The summed E-state index contributed by atoms with van der Waals surface area (Å²) >= 11 is 5.87. The summed E-state index contributed by atoms with van der Waals surface area (Å²) in [5.41, 5.74) is 1.06. The van der Waals surface area contributed by atoms with Gasteiger partial charge < -0.3 is 10.1 Å². The van der Waals surface area contributed by atoms with Crippen LogP contribution in [0.25, 0.3) is 0 Å². The zero-order valence-corrected chi connectivity index (χ0v) is 10.0. The lowest BCUT2D eigenvalue weighted by Crippen LogP contribution is -2.20. The first-order valence-electron chi connectivity index (χ1n) is 5.42. The summed E-state index contributed by atoms with van der Waals surface area (Å²) in [4.78, 5) is 4.31. The Balaban J connectivity index is 1.84. The van der Waals surface area contributed by atoms with E-state index in [0.29, 0.717) is 6.61 Å². The summed E-state index contributed by atoms with van der Waals surface area (Å²) in [6.45, 7) is 4.48. The molecule has 3 nitrogen and oxygen atoms in total. The van der Waals surface area contributed by atoms with Crippen LogP contribution in [-0.4, -0.2) is 25.5 Å². The molecule has 0 aliphatic carbocycles. The van der Waals surface area contributed by atoms with Crippen molar-refractivity contribution in [1.29, 1.82) is 0 Å². The van der Waals surface area contributed by atoms with Crippen molar-refractivity contribution in [2.45, 2.75) is 13.3 Å². The molecule has 0 bridgehead atoms. The van der Waals surface area contributed by atoms with Gasteiger partial charge in [-0.05, 0) is 30.7 Å². The zero-order chi connectivity index (χ0) is 11.4. The molecule has 1 heterocycles. The number of aliphatic imine (C=N–C) groups is 1. The predicted octanol–water partition coefficient (Wildman–Crippen LogP) is 2.42. The predicted molar refractivity (Wildman–Crippen MR) is 66.6 cm³/mol. The number of nitrogens with zero attached hydrogens (tertiary/aromatic N) is 1. The Bertz CT molecular complexity index is 404. The van der Waals surface area contributed by atoms with Crippen molar-refractivity contribution in [2.75, 3.05) is 19.7 Å². The number of halogens is 1. The Morgan fingerprint density at radius 3 is 3.06 bits per heavy atom. The first kappa shape index (κ1) is 11.3. The molecule has 1 aromatic rings. The van der Waals surface area contributed by atoms with Crippen LogP contribution < -0.4 is 10.1 Å². The van der Waals surface area contributed by atoms with Crippen LogP contribution in [0.5, 0.6) is 5.75 Å². The highest BCUT2D eigenvalue weighted by Gasteiger charge is 2.05. The highest BCUT2D eigenvalue weighted by atomic mass is 35.5. The Hall–Kier alpha value is -1.22. The topological polar surface area (TPSA) is 33.6 Å². The SMILES string of the molecule is Cc1cc(Cl)ccc1OCCC1=NCCN1. The van der Waals surface area contributed by atoms with Crippen LogP contribution in [-0.2, 0) is 0 Å². The highest BCUT2D eigenvalue weighted by Crippen LogP contribution is 2.21. The van der Waals surface area contributed by atoms with Gasteiger partial charge in [-0.3, -0.25) is 4.99 Å². The summed E-state index contributed by atoms with van der Waals surface area (Å²) in [6.07, 6.45) is 0.835. The minimum absolute atomic E-state index is 0.647. The Morgan fingerprint density at radius 1 is 1.50 bits per heavy atom. The summed E-state index contributed by atoms with van der Waals surface area (Å²) in [6, 6.07) is 5.65. The molecule has 86 valence electrons. The van der Waals surface area contributed by atoms with Crippen molar-refractivity contribution in [3.63, 3.8) is 0 Å². The van der Waals surface area contributed by atoms with Gasteiger partial charge in [0, 0.05) is 18.0 Å². The Labute approximate surface area is 100 Å². The van der Waals surface area contributed by atoms with E-state index in [1.54, 1.807) is 0 Å². The van der Waals surface area contributed by atoms with Crippen LogP contribution in [0.4, 0.5) is 0 Å². The lowest BCUT2D eigenvalue weighted by atomic mass is 10.2. The number of amidine groups is 1. The third kappa shape index (κ3) is 2.89. The van der Waals surface area contributed by atoms with Gasteiger partial charge >= 0.3 is 0 Å². The second-order valence-electron chi connectivity index (χ2n) is 3.76. The fraction of sp³-hybridized carbons (Fsp3) is 0.417. The first-order chi connectivity index (χ1) is 7.75. The molecule has 0 saturated carbocycles. The van der Waals surface area contributed by atoms with Gasteiger partial charge in [-0.15, -0.1) is 0 Å². The smallest absolute Gasteiger partial charge is 0.122 e. The summed E-state index contributed by atoms with van der Waals surface area (Å²) in [5, 5.41) is 3.96. The third-order valence-electron chi connectivity index (χ3n) is 2.48. The maximum Gasteiger partial charge on any atom is 0.122 e. The first-order valence-corrected chi connectivity index (χ1v) is 5.79. The second kappa shape index (κ2) is 5.21. The fourth-order valence-corrected chi connectivity index (χ4v) is 1.87. The van der Waals surface area contributed by atoms with E-state index in [2.05, 4.69) is 10.3 Å². The van der Waals surface area contributed by atoms with E-state index in [1.165, 1.54) is 0 Å². The van der Waals surface area contributed by atoms with Crippen LogP contribution in [0.3, 0.4) is 0 Å². The maximum atomic E-state index is 5.87. The van der Waals surface area contributed by atoms with E-state index in [4.69, 9.17) is 16.3 Å². The van der Waals surface area contributed by atoms with E-state index in [0.717, 1.165) is 41.7 Å². The van der Waals surface area contributed by atoms with E-state index >= 15 is 0 Å². The molecule has 0 radical (unpaired) electrons. The Kier molecular flexibility index (Phi) is 3.67. The molecule has 2 rings (SSSR count). The molecule has 0 spiro atoms. The van der Waals surface area contributed by atoms with Gasteiger partial charge in [0.2, 0.25) is 0 Å². The molecule has 0 saturated heterocycles. The number of aryl methyl sites for hydroxylation is 1. The number of ether oxygens (including phenoxy) is 1. The van der Waals surface area contributed by atoms with Gasteiger partial charge in [-0.25, -0.2) is 0 Å². The van der Waals surface area contributed by atoms with E-state index in [9.17, 15) is 0 Å².